The molecule has 1 heterocycles. The van der Waals surface area contributed by atoms with Crippen molar-refractivity contribution in [2.75, 3.05) is 57.4 Å². The molecule has 1 aliphatic heterocycles. The van der Waals surface area contributed by atoms with Crippen LogP contribution < -0.4 is 10.5 Å². The zero-order chi connectivity index (χ0) is 19.8. The molecule has 0 amide bonds. The standard InChI is InChI=1S/C14H31N5O5S2.HI/c1-4-16-14(17-5-11-25(15,20)21)18-6-8-19(9-7-18)26(22,23)12-10-24-13(2)3;/h13H,4-12H2,1-3H3,(H,16,17)(H2,15,20,21);1H. The van der Waals surface area contributed by atoms with Gasteiger partial charge in [0.25, 0.3) is 0 Å². The Labute approximate surface area is 180 Å². The molecule has 1 saturated heterocycles. The number of primary sulfonamides is 1. The second-order valence-electron chi connectivity index (χ2n) is 6.22. The number of aliphatic imine (C=N–C) groups is 1. The number of nitrogens with zero attached hydrogens (tertiary/aromatic N) is 3. The van der Waals surface area contributed by atoms with Crippen LogP contribution in [0.2, 0.25) is 0 Å². The van der Waals surface area contributed by atoms with Crippen molar-refractivity contribution in [3.63, 3.8) is 0 Å². The molecule has 0 aliphatic carbocycles. The summed E-state index contributed by atoms with van der Waals surface area (Å²) in [7, 11) is -6.91. The van der Waals surface area contributed by atoms with E-state index in [2.05, 4.69) is 10.3 Å². The number of hydrogen-bond donors (Lipinski definition) is 2. The Morgan fingerprint density at radius 3 is 2.22 bits per heavy atom. The summed E-state index contributed by atoms with van der Waals surface area (Å²) in [6.45, 7) is 8.16. The largest absolute Gasteiger partial charge is 0.378 e. The summed E-state index contributed by atoms with van der Waals surface area (Å²) in [6.07, 6.45) is -0.00160. The molecule has 0 spiro atoms. The van der Waals surface area contributed by atoms with Gasteiger partial charge >= 0.3 is 0 Å². The minimum Gasteiger partial charge on any atom is -0.378 e. The Hall–Kier alpha value is -0.220. The van der Waals surface area contributed by atoms with Crippen LogP contribution in [0.5, 0.6) is 0 Å². The lowest BCUT2D eigenvalue weighted by molar-refractivity contribution is 0.0904. The number of piperazine rings is 1. The Morgan fingerprint density at radius 2 is 1.74 bits per heavy atom. The van der Waals surface area contributed by atoms with E-state index in [0.717, 1.165) is 0 Å². The normalized spacial score (nSPS) is 17.1. The molecule has 1 rings (SSSR count). The van der Waals surface area contributed by atoms with Crippen LogP contribution in [0.4, 0.5) is 0 Å². The quantitative estimate of drug-likeness (QED) is 0.223. The van der Waals surface area contributed by atoms with E-state index in [1.54, 1.807) is 0 Å². The number of nitrogens with two attached hydrogens (primary N) is 1. The summed E-state index contributed by atoms with van der Waals surface area (Å²) in [5.41, 5.74) is 0. The Kier molecular flexibility index (Phi) is 12.3. The molecule has 1 fully saturated rings. The molecular formula is C14H32IN5O5S2. The van der Waals surface area contributed by atoms with Crippen LogP contribution in [-0.2, 0) is 24.8 Å². The van der Waals surface area contributed by atoms with Gasteiger partial charge in [0.15, 0.2) is 5.96 Å². The maximum atomic E-state index is 12.4. The summed E-state index contributed by atoms with van der Waals surface area (Å²) in [6, 6.07) is 0. The van der Waals surface area contributed by atoms with Crippen molar-refractivity contribution in [2.24, 2.45) is 10.1 Å². The van der Waals surface area contributed by atoms with Crippen LogP contribution in [0.15, 0.2) is 4.99 Å². The number of nitrogens with one attached hydrogen (secondary N) is 1. The van der Waals surface area contributed by atoms with Crippen molar-refractivity contribution in [3.05, 3.63) is 0 Å². The second kappa shape index (κ2) is 12.4. The van der Waals surface area contributed by atoms with Crippen LogP contribution in [0.25, 0.3) is 0 Å². The monoisotopic (exact) mass is 541 g/mol. The Bertz CT molecular complexity index is 661. The molecule has 10 nitrogen and oxygen atoms in total. The maximum absolute atomic E-state index is 12.4. The van der Waals surface area contributed by atoms with Gasteiger partial charge in [-0.15, -0.1) is 24.0 Å². The molecule has 1 aliphatic rings. The van der Waals surface area contributed by atoms with E-state index in [1.165, 1.54) is 4.31 Å². The molecule has 0 atom stereocenters. The van der Waals surface area contributed by atoms with Crippen LogP contribution in [0, 0.1) is 0 Å². The van der Waals surface area contributed by atoms with Crippen molar-refractivity contribution in [2.45, 2.75) is 26.9 Å². The van der Waals surface area contributed by atoms with E-state index in [9.17, 15) is 16.8 Å². The van der Waals surface area contributed by atoms with Gasteiger partial charge in [0.2, 0.25) is 20.0 Å². The first kappa shape index (κ1) is 26.8. The Balaban J connectivity index is 0.00000676. The fourth-order valence-corrected chi connectivity index (χ4v) is 4.03. The zero-order valence-electron chi connectivity index (χ0n) is 16.1. The third-order valence-electron chi connectivity index (χ3n) is 3.70. The molecular weight excluding hydrogens is 509 g/mol. The van der Waals surface area contributed by atoms with Crippen LogP contribution in [-0.4, -0.2) is 95.5 Å². The maximum Gasteiger partial charge on any atom is 0.216 e. The lowest BCUT2D eigenvalue weighted by Crippen LogP contribution is -2.54. The third kappa shape index (κ3) is 10.8. The van der Waals surface area contributed by atoms with E-state index in [-0.39, 0.29) is 54.7 Å². The minimum atomic E-state index is -3.56. The van der Waals surface area contributed by atoms with Gasteiger partial charge in [0.05, 0.1) is 30.8 Å². The van der Waals surface area contributed by atoms with Gasteiger partial charge in [-0.05, 0) is 20.8 Å². The van der Waals surface area contributed by atoms with Crippen LogP contribution >= 0.6 is 24.0 Å². The molecule has 0 saturated carbocycles. The molecule has 0 aromatic rings. The molecule has 0 aromatic carbocycles. The highest BCUT2D eigenvalue weighted by Gasteiger charge is 2.28. The third-order valence-corrected chi connectivity index (χ3v) is 6.28. The van der Waals surface area contributed by atoms with Gasteiger partial charge in [0.1, 0.15) is 0 Å². The minimum absolute atomic E-state index is 0. The predicted molar refractivity (Wildman–Crippen MR) is 117 cm³/mol. The molecule has 0 aromatic heterocycles. The average molecular weight is 541 g/mol. The highest BCUT2D eigenvalue weighted by Crippen LogP contribution is 2.09. The molecule has 0 unspecified atom stereocenters. The van der Waals surface area contributed by atoms with Crippen molar-refractivity contribution in [1.29, 1.82) is 0 Å². The van der Waals surface area contributed by atoms with E-state index in [1.807, 2.05) is 25.7 Å². The van der Waals surface area contributed by atoms with Crippen molar-refractivity contribution in [3.8, 4) is 0 Å². The number of guanidine groups is 1. The highest BCUT2D eigenvalue weighted by atomic mass is 127. The molecule has 0 bridgehead atoms. The van der Waals surface area contributed by atoms with Crippen LogP contribution in [0.1, 0.15) is 20.8 Å². The van der Waals surface area contributed by atoms with E-state index < -0.39 is 20.0 Å². The number of halogens is 1. The molecule has 162 valence electrons. The van der Waals surface area contributed by atoms with Gasteiger partial charge in [-0.25, -0.2) is 22.0 Å². The molecule has 13 heteroatoms. The molecule has 0 radical (unpaired) electrons. The first-order chi connectivity index (χ1) is 12.0. The number of hydrogen-bond acceptors (Lipinski definition) is 6. The van der Waals surface area contributed by atoms with Crippen molar-refractivity contribution >= 4 is 50.0 Å². The topological polar surface area (TPSA) is 134 Å². The van der Waals surface area contributed by atoms with E-state index in [0.29, 0.717) is 38.7 Å². The first-order valence-electron chi connectivity index (χ1n) is 8.68. The zero-order valence-corrected chi connectivity index (χ0v) is 20.1. The van der Waals surface area contributed by atoms with Gasteiger partial charge in [0, 0.05) is 32.7 Å². The summed E-state index contributed by atoms with van der Waals surface area (Å²) < 4.78 is 53.5. The Morgan fingerprint density at radius 1 is 1.15 bits per heavy atom. The summed E-state index contributed by atoms with van der Waals surface area (Å²) in [4.78, 5) is 6.18. The van der Waals surface area contributed by atoms with Gasteiger partial charge < -0.3 is 15.0 Å². The highest BCUT2D eigenvalue weighted by molar-refractivity contribution is 14.0. The average Bonchev–Trinajstić information content (AvgIpc) is 2.52. The predicted octanol–water partition coefficient (Wildman–Crippen LogP) is -0.769. The summed E-state index contributed by atoms with van der Waals surface area (Å²) in [5, 5.41) is 8.08. The SMILES string of the molecule is CCNC(=NCCS(N)(=O)=O)N1CCN(S(=O)(=O)CCOC(C)C)CC1.I. The summed E-state index contributed by atoms with van der Waals surface area (Å²) >= 11 is 0. The number of rotatable bonds is 9. The van der Waals surface area contributed by atoms with Gasteiger partial charge in [-0.3, -0.25) is 4.99 Å². The lowest BCUT2D eigenvalue weighted by atomic mass is 10.4. The van der Waals surface area contributed by atoms with E-state index in [4.69, 9.17) is 9.88 Å². The number of sulfonamides is 2. The van der Waals surface area contributed by atoms with Gasteiger partial charge in [-0.1, -0.05) is 0 Å². The van der Waals surface area contributed by atoms with E-state index >= 15 is 0 Å². The first-order valence-corrected chi connectivity index (χ1v) is 12.0. The smallest absolute Gasteiger partial charge is 0.216 e. The number of ether oxygens (including phenoxy) is 1. The van der Waals surface area contributed by atoms with Crippen molar-refractivity contribution in [1.82, 2.24) is 14.5 Å². The molecule has 3 N–H and O–H groups in total. The van der Waals surface area contributed by atoms with Gasteiger partial charge in [-0.2, -0.15) is 4.31 Å². The summed E-state index contributed by atoms with van der Waals surface area (Å²) in [5.74, 6) is 0.302. The fourth-order valence-electron chi connectivity index (χ4n) is 2.40. The lowest BCUT2D eigenvalue weighted by Gasteiger charge is -2.35. The van der Waals surface area contributed by atoms with Crippen molar-refractivity contribution < 1.29 is 21.6 Å². The second-order valence-corrected chi connectivity index (χ2v) is 10.0. The molecule has 27 heavy (non-hydrogen) atoms. The van der Waals surface area contributed by atoms with Crippen LogP contribution in [0.3, 0.4) is 0 Å². The fraction of sp³-hybridized carbons (Fsp3) is 0.929.